The molecule has 0 atom stereocenters. The fraction of sp³-hybridized carbons (Fsp3) is 0.500. The van der Waals surface area contributed by atoms with Gasteiger partial charge in [-0.25, -0.2) is 4.39 Å². The number of hydrogen-bond donors (Lipinski definition) is 2. The molecule has 0 spiro atoms. The Kier molecular flexibility index (Phi) is 5.90. The van der Waals surface area contributed by atoms with Crippen LogP contribution in [0.4, 0.5) is 4.39 Å². The molecule has 0 saturated heterocycles. The van der Waals surface area contributed by atoms with E-state index in [9.17, 15) is 4.39 Å². The first kappa shape index (κ1) is 13.9. The molecule has 0 aliphatic carbocycles. The average molecular weight is 241 g/mol. The first-order chi connectivity index (χ1) is 8.21. The molecular weight excluding hydrogens is 221 g/mol. The lowest BCUT2D eigenvalue weighted by Crippen LogP contribution is -2.33. The van der Waals surface area contributed by atoms with Gasteiger partial charge < -0.3 is 16.2 Å². The van der Waals surface area contributed by atoms with Crippen LogP contribution in [0.1, 0.15) is 5.56 Å². The lowest BCUT2D eigenvalue weighted by Gasteiger charge is -2.21. The maximum Gasteiger partial charge on any atom is 0.131 e. The molecule has 1 aromatic rings. The van der Waals surface area contributed by atoms with Crippen molar-refractivity contribution in [2.75, 3.05) is 33.3 Å². The van der Waals surface area contributed by atoms with Gasteiger partial charge in [0.2, 0.25) is 0 Å². The molecule has 0 aliphatic heterocycles. The van der Waals surface area contributed by atoms with Crippen LogP contribution in [-0.2, 0) is 6.54 Å². The third-order valence-corrected chi connectivity index (χ3v) is 2.54. The molecule has 0 heterocycles. The van der Waals surface area contributed by atoms with Gasteiger partial charge in [0.1, 0.15) is 11.6 Å². The lowest BCUT2D eigenvalue weighted by molar-refractivity contribution is 0.276. The van der Waals surface area contributed by atoms with E-state index in [1.54, 1.807) is 12.1 Å². The minimum atomic E-state index is -0.261. The van der Waals surface area contributed by atoms with Crippen molar-refractivity contribution in [3.05, 3.63) is 29.6 Å². The first-order valence-electron chi connectivity index (χ1n) is 5.66. The maximum atomic E-state index is 13.7. The molecule has 0 amide bonds. The SMILES string of the molecule is COc1ccc(CN(CCN)CCN)c(F)c1. The highest BCUT2D eigenvalue weighted by molar-refractivity contribution is 5.28. The second-order valence-electron chi connectivity index (χ2n) is 3.81. The summed E-state index contributed by atoms with van der Waals surface area (Å²) in [6, 6.07) is 4.87. The van der Waals surface area contributed by atoms with Gasteiger partial charge in [0.15, 0.2) is 0 Å². The van der Waals surface area contributed by atoms with E-state index >= 15 is 0 Å². The predicted molar refractivity (Wildman–Crippen MR) is 66.3 cm³/mol. The minimum Gasteiger partial charge on any atom is -0.497 e. The molecule has 0 aromatic heterocycles. The molecule has 0 bridgehead atoms. The van der Waals surface area contributed by atoms with Gasteiger partial charge in [0.25, 0.3) is 0 Å². The van der Waals surface area contributed by atoms with Crippen LogP contribution in [-0.4, -0.2) is 38.2 Å². The third-order valence-electron chi connectivity index (χ3n) is 2.54. The van der Waals surface area contributed by atoms with E-state index in [1.165, 1.54) is 13.2 Å². The number of ether oxygens (including phenoxy) is 1. The molecule has 0 saturated carbocycles. The number of benzene rings is 1. The Morgan fingerprint density at radius 2 is 1.88 bits per heavy atom. The second-order valence-corrected chi connectivity index (χ2v) is 3.81. The number of nitrogens with zero attached hydrogens (tertiary/aromatic N) is 1. The van der Waals surface area contributed by atoms with Gasteiger partial charge in [-0.1, -0.05) is 6.07 Å². The largest absolute Gasteiger partial charge is 0.497 e. The van der Waals surface area contributed by atoms with Crippen LogP contribution in [0.3, 0.4) is 0 Å². The summed E-state index contributed by atoms with van der Waals surface area (Å²) < 4.78 is 18.7. The number of rotatable bonds is 7. The van der Waals surface area contributed by atoms with Crippen molar-refractivity contribution in [3.63, 3.8) is 0 Å². The quantitative estimate of drug-likeness (QED) is 0.732. The lowest BCUT2D eigenvalue weighted by atomic mass is 10.2. The van der Waals surface area contributed by atoms with Crippen LogP contribution in [0.2, 0.25) is 0 Å². The van der Waals surface area contributed by atoms with E-state index in [0.29, 0.717) is 44.0 Å². The molecule has 0 unspecified atom stereocenters. The van der Waals surface area contributed by atoms with Crippen molar-refractivity contribution in [2.24, 2.45) is 11.5 Å². The Balaban J connectivity index is 2.71. The molecule has 5 heteroatoms. The van der Waals surface area contributed by atoms with E-state index in [4.69, 9.17) is 16.2 Å². The summed E-state index contributed by atoms with van der Waals surface area (Å²) in [5, 5.41) is 0. The van der Waals surface area contributed by atoms with Crippen molar-refractivity contribution in [3.8, 4) is 5.75 Å². The van der Waals surface area contributed by atoms with Crippen molar-refractivity contribution in [1.82, 2.24) is 4.90 Å². The predicted octanol–water partition coefficient (Wildman–Crippen LogP) is 0.554. The number of hydrogen-bond acceptors (Lipinski definition) is 4. The van der Waals surface area contributed by atoms with Gasteiger partial charge in [0, 0.05) is 44.4 Å². The fourth-order valence-corrected chi connectivity index (χ4v) is 1.66. The van der Waals surface area contributed by atoms with Crippen LogP contribution < -0.4 is 16.2 Å². The number of halogens is 1. The van der Waals surface area contributed by atoms with Crippen LogP contribution >= 0.6 is 0 Å². The zero-order valence-corrected chi connectivity index (χ0v) is 10.2. The summed E-state index contributed by atoms with van der Waals surface area (Å²) in [5.41, 5.74) is 11.6. The highest BCUT2D eigenvalue weighted by Gasteiger charge is 2.09. The van der Waals surface area contributed by atoms with Crippen LogP contribution in [0.25, 0.3) is 0 Å². The zero-order valence-electron chi connectivity index (χ0n) is 10.2. The molecule has 1 rings (SSSR count). The van der Waals surface area contributed by atoms with Gasteiger partial charge in [-0.3, -0.25) is 4.90 Å². The molecular formula is C12H20FN3O. The Morgan fingerprint density at radius 1 is 1.24 bits per heavy atom. The molecule has 4 nitrogen and oxygen atoms in total. The smallest absolute Gasteiger partial charge is 0.131 e. The van der Waals surface area contributed by atoms with E-state index in [-0.39, 0.29) is 5.82 Å². The van der Waals surface area contributed by atoms with Crippen LogP contribution in [0, 0.1) is 5.82 Å². The second kappa shape index (κ2) is 7.21. The van der Waals surface area contributed by atoms with Crippen molar-refractivity contribution >= 4 is 0 Å². The van der Waals surface area contributed by atoms with E-state index in [0.717, 1.165) is 0 Å². The monoisotopic (exact) mass is 241 g/mol. The Hall–Kier alpha value is -1.17. The zero-order chi connectivity index (χ0) is 12.7. The van der Waals surface area contributed by atoms with Crippen molar-refractivity contribution in [2.45, 2.75) is 6.54 Å². The van der Waals surface area contributed by atoms with Crippen molar-refractivity contribution < 1.29 is 9.13 Å². The summed E-state index contributed by atoms with van der Waals surface area (Å²) in [6.45, 7) is 3.02. The van der Waals surface area contributed by atoms with Gasteiger partial charge in [-0.15, -0.1) is 0 Å². The van der Waals surface area contributed by atoms with Gasteiger partial charge in [-0.05, 0) is 6.07 Å². The van der Waals surface area contributed by atoms with E-state index in [1.807, 2.05) is 4.90 Å². The molecule has 0 radical (unpaired) electrons. The highest BCUT2D eigenvalue weighted by Crippen LogP contribution is 2.17. The fourth-order valence-electron chi connectivity index (χ4n) is 1.66. The topological polar surface area (TPSA) is 64.5 Å². The van der Waals surface area contributed by atoms with E-state index < -0.39 is 0 Å². The number of methoxy groups -OCH3 is 1. The Labute approximate surface area is 101 Å². The highest BCUT2D eigenvalue weighted by atomic mass is 19.1. The summed E-state index contributed by atoms with van der Waals surface area (Å²) in [4.78, 5) is 2.03. The molecule has 0 aliphatic rings. The average Bonchev–Trinajstić information content (AvgIpc) is 2.32. The van der Waals surface area contributed by atoms with Crippen LogP contribution in [0.15, 0.2) is 18.2 Å². The van der Waals surface area contributed by atoms with Gasteiger partial charge >= 0.3 is 0 Å². The third kappa shape index (κ3) is 4.30. The van der Waals surface area contributed by atoms with Gasteiger partial charge in [0.05, 0.1) is 7.11 Å². The van der Waals surface area contributed by atoms with Crippen LogP contribution in [0.5, 0.6) is 5.75 Å². The van der Waals surface area contributed by atoms with E-state index in [2.05, 4.69) is 0 Å². The Bertz CT molecular complexity index is 341. The molecule has 96 valence electrons. The normalized spacial score (nSPS) is 10.9. The summed E-state index contributed by atoms with van der Waals surface area (Å²) in [7, 11) is 1.52. The molecule has 1 aromatic carbocycles. The molecule has 0 fully saturated rings. The minimum absolute atomic E-state index is 0.261. The van der Waals surface area contributed by atoms with Gasteiger partial charge in [-0.2, -0.15) is 0 Å². The number of nitrogens with two attached hydrogens (primary N) is 2. The standard InChI is InChI=1S/C12H20FN3O/c1-17-11-3-2-10(12(13)8-11)9-16(6-4-14)7-5-15/h2-3,8H,4-7,9,14-15H2,1H3. The van der Waals surface area contributed by atoms with Crippen molar-refractivity contribution in [1.29, 1.82) is 0 Å². The first-order valence-corrected chi connectivity index (χ1v) is 5.66. The molecule has 17 heavy (non-hydrogen) atoms. The Morgan fingerprint density at radius 3 is 2.35 bits per heavy atom. The summed E-state index contributed by atoms with van der Waals surface area (Å²) >= 11 is 0. The molecule has 4 N–H and O–H groups in total. The maximum absolute atomic E-state index is 13.7. The summed E-state index contributed by atoms with van der Waals surface area (Å²) in [5.74, 6) is 0.263. The summed E-state index contributed by atoms with van der Waals surface area (Å²) in [6.07, 6.45) is 0.